The van der Waals surface area contributed by atoms with Gasteiger partial charge in [-0.1, -0.05) is 29.8 Å². The molecule has 2 saturated heterocycles. The number of anilines is 1. The van der Waals surface area contributed by atoms with E-state index in [-0.39, 0.29) is 23.8 Å². The number of carbonyl (C=O) groups is 1. The fraction of sp³-hybridized carbons (Fsp3) is 0.375. The molecule has 0 saturated carbocycles. The normalized spacial score (nSPS) is 21.7. The van der Waals surface area contributed by atoms with Crippen molar-refractivity contribution in [1.82, 2.24) is 14.7 Å². The highest BCUT2D eigenvalue weighted by Gasteiger charge is 2.41. The van der Waals surface area contributed by atoms with E-state index >= 15 is 0 Å². The molecule has 0 aromatic heterocycles. The van der Waals surface area contributed by atoms with E-state index in [2.05, 4.69) is 21.6 Å². The summed E-state index contributed by atoms with van der Waals surface area (Å²) in [6.07, 6.45) is 4.18. The summed E-state index contributed by atoms with van der Waals surface area (Å²) >= 11 is 6.03. The first kappa shape index (κ1) is 24.7. The van der Waals surface area contributed by atoms with Gasteiger partial charge in [0, 0.05) is 43.8 Å². The van der Waals surface area contributed by atoms with Crippen LogP contribution in [-0.4, -0.2) is 80.6 Å². The number of rotatable bonds is 6. The highest BCUT2D eigenvalue weighted by Crippen LogP contribution is 2.26. The molecule has 2 aromatic carbocycles. The van der Waals surface area contributed by atoms with Gasteiger partial charge in [0.25, 0.3) is 0 Å². The van der Waals surface area contributed by atoms with Gasteiger partial charge in [-0.15, -0.1) is 0 Å². The molecule has 0 radical (unpaired) electrons. The maximum Gasteiger partial charge on any atom is 0.247 e. The number of nitrogens with one attached hydrogen (secondary N) is 1. The van der Waals surface area contributed by atoms with E-state index in [1.54, 1.807) is 30.3 Å². The average molecular weight is 507 g/mol. The van der Waals surface area contributed by atoms with Crippen molar-refractivity contribution in [2.75, 3.05) is 44.2 Å². The standard InChI is InChI=1S/C24H28ClFN4O3S/c1-28-13-21-15-29(12-17-3-8-20(26)9-4-17)16-22(14-28)30(21)24(31)10-6-18-5-7-19(25)11-23(18)27-34(2,32)33/h3-11,21-22,27H,12-16H2,1-2H3/b10-6+. The summed E-state index contributed by atoms with van der Waals surface area (Å²) in [7, 11) is -1.44. The van der Waals surface area contributed by atoms with Crippen molar-refractivity contribution in [1.29, 1.82) is 0 Å². The first-order valence-corrected chi connectivity index (χ1v) is 13.3. The van der Waals surface area contributed by atoms with Gasteiger partial charge in [0.1, 0.15) is 5.82 Å². The van der Waals surface area contributed by atoms with Crippen molar-refractivity contribution in [3.63, 3.8) is 0 Å². The fourth-order valence-electron chi connectivity index (χ4n) is 4.78. The van der Waals surface area contributed by atoms with Crippen LogP contribution in [0, 0.1) is 5.82 Å². The molecule has 182 valence electrons. The van der Waals surface area contributed by atoms with Crippen LogP contribution in [-0.2, 0) is 21.4 Å². The quantitative estimate of drug-likeness (QED) is 0.610. The molecule has 4 rings (SSSR count). The Morgan fingerprint density at radius 1 is 1.12 bits per heavy atom. The van der Waals surface area contributed by atoms with Crippen LogP contribution in [0.3, 0.4) is 0 Å². The van der Waals surface area contributed by atoms with Crippen LogP contribution in [0.4, 0.5) is 10.1 Å². The molecule has 2 bridgehead atoms. The van der Waals surface area contributed by atoms with Gasteiger partial charge in [0.05, 0.1) is 24.0 Å². The zero-order valence-electron chi connectivity index (χ0n) is 19.1. The van der Waals surface area contributed by atoms with Gasteiger partial charge in [-0.2, -0.15) is 0 Å². The molecule has 2 fully saturated rings. The lowest BCUT2D eigenvalue weighted by Crippen LogP contribution is -2.68. The van der Waals surface area contributed by atoms with Crippen LogP contribution in [0.5, 0.6) is 0 Å². The minimum absolute atomic E-state index is 0.0222. The molecule has 2 heterocycles. The van der Waals surface area contributed by atoms with Gasteiger partial charge in [-0.25, -0.2) is 12.8 Å². The summed E-state index contributed by atoms with van der Waals surface area (Å²) < 4.78 is 39.1. The lowest BCUT2D eigenvalue weighted by Gasteiger charge is -2.52. The van der Waals surface area contributed by atoms with Gasteiger partial charge in [-0.3, -0.25) is 14.4 Å². The first-order valence-electron chi connectivity index (χ1n) is 11.0. The van der Waals surface area contributed by atoms with E-state index in [0.717, 1.165) is 38.0 Å². The number of hydrogen-bond donors (Lipinski definition) is 1. The molecule has 34 heavy (non-hydrogen) atoms. The van der Waals surface area contributed by atoms with E-state index in [0.29, 0.717) is 22.8 Å². The maximum atomic E-state index is 13.3. The molecule has 2 unspecified atom stereocenters. The molecule has 7 nitrogen and oxygen atoms in total. The van der Waals surface area contributed by atoms with Crippen molar-refractivity contribution in [3.05, 3.63) is 70.5 Å². The highest BCUT2D eigenvalue weighted by molar-refractivity contribution is 7.92. The van der Waals surface area contributed by atoms with Crippen molar-refractivity contribution < 1.29 is 17.6 Å². The zero-order valence-corrected chi connectivity index (χ0v) is 20.7. The Morgan fingerprint density at radius 3 is 2.38 bits per heavy atom. The predicted octanol–water partition coefficient (Wildman–Crippen LogP) is 2.89. The van der Waals surface area contributed by atoms with Crippen molar-refractivity contribution in [3.8, 4) is 0 Å². The number of nitrogens with zero attached hydrogens (tertiary/aromatic N) is 3. The van der Waals surface area contributed by atoms with Crippen molar-refractivity contribution in [2.24, 2.45) is 0 Å². The number of fused-ring (bicyclic) bond motifs is 2. The summed E-state index contributed by atoms with van der Waals surface area (Å²) in [4.78, 5) is 19.8. The molecule has 2 aliphatic rings. The SMILES string of the molecule is CN1CC2CN(Cc3ccc(F)cc3)CC(C1)N2C(=O)/C=C/c1ccc(Cl)cc1NS(C)(=O)=O. The Hall–Kier alpha value is -2.46. The van der Waals surface area contributed by atoms with E-state index in [9.17, 15) is 17.6 Å². The largest absolute Gasteiger partial charge is 0.328 e. The van der Waals surface area contributed by atoms with Gasteiger partial charge < -0.3 is 9.80 Å². The molecule has 2 atom stereocenters. The summed E-state index contributed by atoms with van der Waals surface area (Å²) in [6.45, 7) is 3.68. The highest BCUT2D eigenvalue weighted by atomic mass is 35.5. The molecule has 2 aliphatic heterocycles. The summed E-state index contributed by atoms with van der Waals surface area (Å²) in [5.41, 5.74) is 1.92. The Kier molecular flexibility index (Phi) is 7.28. The second-order valence-electron chi connectivity index (χ2n) is 9.03. The van der Waals surface area contributed by atoms with Crippen LogP contribution in [0.25, 0.3) is 6.08 Å². The van der Waals surface area contributed by atoms with Crippen LogP contribution >= 0.6 is 11.6 Å². The molecular formula is C24H28ClFN4O3S. The third-order valence-corrected chi connectivity index (χ3v) is 6.89. The third-order valence-electron chi connectivity index (χ3n) is 6.06. The predicted molar refractivity (Wildman–Crippen MR) is 133 cm³/mol. The van der Waals surface area contributed by atoms with E-state index in [4.69, 9.17) is 11.6 Å². The minimum Gasteiger partial charge on any atom is -0.328 e. The number of piperazine rings is 2. The van der Waals surface area contributed by atoms with Gasteiger partial charge in [0.15, 0.2) is 0 Å². The lowest BCUT2D eigenvalue weighted by atomic mass is 9.99. The Balaban J connectivity index is 1.49. The molecule has 2 aromatic rings. The summed E-state index contributed by atoms with van der Waals surface area (Å²) in [5.74, 6) is -0.357. The second kappa shape index (κ2) is 10.0. The molecule has 1 N–H and O–H groups in total. The Bertz CT molecular complexity index is 1170. The lowest BCUT2D eigenvalue weighted by molar-refractivity contribution is -0.140. The number of halogens is 2. The number of likely N-dealkylation sites (N-methyl/N-ethyl adjacent to an activating group) is 1. The van der Waals surface area contributed by atoms with Gasteiger partial charge >= 0.3 is 0 Å². The van der Waals surface area contributed by atoms with E-state index in [1.165, 1.54) is 24.3 Å². The molecule has 0 spiro atoms. The third kappa shape index (κ3) is 6.15. The zero-order chi connectivity index (χ0) is 24.5. The number of amides is 1. The van der Waals surface area contributed by atoms with Crippen molar-refractivity contribution >= 4 is 39.3 Å². The van der Waals surface area contributed by atoms with Crippen molar-refractivity contribution in [2.45, 2.75) is 18.6 Å². The molecule has 1 amide bonds. The molecule has 10 heteroatoms. The van der Waals surface area contributed by atoms with Gasteiger partial charge in [0.2, 0.25) is 15.9 Å². The van der Waals surface area contributed by atoms with Crippen LogP contribution in [0.15, 0.2) is 48.5 Å². The fourth-order valence-corrected chi connectivity index (χ4v) is 5.52. The monoisotopic (exact) mass is 506 g/mol. The molecule has 0 aliphatic carbocycles. The van der Waals surface area contributed by atoms with Crippen LogP contribution in [0.1, 0.15) is 11.1 Å². The first-order chi connectivity index (χ1) is 16.1. The average Bonchev–Trinajstić information content (AvgIpc) is 2.72. The van der Waals surface area contributed by atoms with Crippen LogP contribution < -0.4 is 4.72 Å². The summed E-state index contributed by atoms with van der Waals surface area (Å²) in [6, 6.07) is 11.4. The second-order valence-corrected chi connectivity index (χ2v) is 11.2. The number of benzene rings is 2. The Labute approximate surface area is 204 Å². The van der Waals surface area contributed by atoms with Crippen LogP contribution in [0.2, 0.25) is 5.02 Å². The van der Waals surface area contributed by atoms with E-state index in [1.807, 2.05) is 4.90 Å². The summed E-state index contributed by atoms with van der Waals surface area (Å²) in [5, 5.41) is 0.393. The maximum absolute atomic E-state index is 13.3. The Morgan fingerprint density at radius 2 is 1.76 bits per heavy atom. The molecular weight excluding hydrogens is 479 g/mol. The van der Waals surface area contributed by atoms with E-state index < -0.39 is 10.0 Å². The van der Waals surface area contributed by atoms with Gasteiger partial charge in [-0.05, 0) is 48.5 Å². The number of sulfonamides is 1. The number of carbonyl (C=O) groups excluding carboxylic acids is 1. The number of hydrogen-bond acceptors (Lipinski definition) is 5. The minimum atomic E-state index is -3.50. The smallest absolute Gasteiger partial charge is 0.247 e. The topological polar surface area (TPSA) is 73.0 Å².